The summed E-state index contributed by atoms with van der Waals surface area (Å²) in [5.74, 6) is -1.96. The molecular formula is C16H20F3NO4S. The zero-order valence-corrected chi connectivity index (χ0v) is 14.9. The van der Waals surface area contributed by atoms with E-state index in [0.29, 0.717) is 0 Å². The Kier molecular flexibility index (Phi) is 7.16. The van der Waals surface area contributed by atoms with Crippen molar-refractivity contribution in [2.45, 2.75) is 43.9 Å². The normalized spacial score (nSPS) is 17.5. The lowest BCUT2D eigenvalue weighted by atomic mass is 10.2. The van der Waals surface area contributed by atoms with Crippen molar-refractivity contribution in [3.63, 3.8) is 0 Å². The summed E-state index contributed by atoms with van der Waals surface area (Å²) in [4.78, 5) is 22.2. The Balaban J connectivity index is 0.000000381. The van der Waals surface area contributed by atoms with Crippen molar-refractivity contribution in [3.05, 3.63) is 30.3 Å². The van der Waals surface area contributed by atoms with Gasteiger partial charge < -0.3 is 14.6 Å². The van der Waals surface area contributed by atoms with Crippen LogP contribution in [0.5, 0.6) is 0 Å². The van der Waals surface area contributed by atoms with Gasteiger partial charge in [-0.3, -0.25) is 0 Å². The third-order valence-electron chi connectivity index (χ3n) is 2.81. The number of hydrogen-bond donors (Lipinski definition) is 0. The molecule has 140 valence electrons. The first kappa shape index (κ1) is 21.1. The maximum atomic E-state index is 12.2. The van der Waals surface area contributed by atoms with Gasteiger partial charge in [0.2, 0.25) is 0 Å². The number of aliphatic carboxylic acids is 1. The molecule has 9 heteroatoms. The predicted molar refractivity (Wildman–Crippen MR) is 85.6 cm³/mol. The number of carbonyl (C=O) groups is 2. The molecule has 1 aliphatic rings. The standard InChI is InChI=1S/C14H20NO2S.C2HF3O2/c1-14(2,3)17-13(16)15-10-7-11-18(15)12-8-5-4-6-9-12;3-2(4,5)1(6)7/h4-6,8-9H,7,10-11H2,1-3H3;(H,6,7)/q+1;/p-1. The minimum atomic E-state index is -5.19. The molecule has 1 saturated heterocycles. The van der Waals surface area contributed by atoms with E-state index in [4.69, 9.17) is 14.6 Å². The molecule has 0 N–H and O–H groups in total. The fourth-order valence-corrected chi connectivity index (χ4v) is 4.03. The topological polar surface area (TPSA) is 69.7 Å². The molecule has 1 atom stereocenters. The zero-order chi connectivity index (χ0) is 19.3. The molecule has 1 fully saturated rings. The Morgan fingerprint density at radius 2 is 1.68 bits per heavy atom. The largest absolute Gasteiger partial charge is 0.542 e. The van der Waals surface area contributed by atoms with Crippen LogP contribution in [0.15, 0.2) is 35.2 Å². The maximum absolute atomic E-state index is 12.2. The first-order valence-electron chi connectivity index (χ1n) is 7.46. The Bertz CT molecular complexity index is 587. The van der Waals surface area contributed by atoms with Gasteiger partial charge in [0.25, 0.3) is 0 Å². The first-order chi connectivity index (χ1) is 11.4. The summed E-state index contributed by atoms with van der Waals surface area (Å²) in [5, 5.41) is 8.78. The number of rotatable bonds is 1. The van der Waals surface area contributed by atoms with Crippen LogP contribution in [0.2, 0.25) is 0 Å². The monoisotopic (exact) mass is 379 g/mol. The first-order valence-corrected chi connectivity index (χ1v) is 8.81. The Morgan fingerprint density at radius 1 is 1.16 bits per heavy atom. The van der Waals surface area contributed by atoms with Crippen molar-refractivity contribution >= 4 is 23.1 Å². The molecule has 1 aliphatic heterocycles. The molecule has 1 heterocycles. The fraction of sp³-hybridized carbons (Fsp3) is 0.500. The number of nitrogens with zero attached hydrogens (tertiary/aromatic N) is 1. The lowest BCUT2D eigenvalue weighted by Crippen LogP contribution is -2.37. The van der Waals surface area contributed by atoms with Crippen LogP contribution in [0.1, 0.15) is 27.2 Å². The second kappa shape index (κ2) is 8.46. The van der Waals surface area contributed by atoms with Gasteiger partial charge in [0.15, 0.2) is 4.90 Å². The highest BCUT2D eigenvalue weighted by Crippen LogP contribution is 2.27. The van der Waals surface area contributed by atoms with Crippen LogP contribution in [-0.2, 0) is 20.6 Å². The van der Waals surface area contributed by atoms with Crippen molar-refractivity contribution in [1.82, 2.24) is 4.31 Å². The highest BCUT2D eigenvalue weighted by Gasteiger charge is 2.42. The van der Waals surface area contributed by atoms with Crippen LogP contribution in [-0.4, -0.2) is 40.4 Å². The Hall–Kier alpha value is -1.90. The van der Waals surface area contributed by atoms with Gasteiger partial charge in [-0.25, -0.2) is 4.79 Å². The summed E-state index contributed by atoms with van der Waals surface area (Å²) in [7, 11) is 0. The number of alkyl halides is 3. The number of benzene rings is 1. The maximum Gasteiger partial charge on any atom is 0.452 e. The number of ether oxygens (including phenoxy) is 1. The van der Waals surface area contributed by atoms with Gasteiger partial charge in [0, 0.05) is 6.42 Å². The molecule has 1 aromatic carbocycles. The average molecular weight is 379 g/mol. The third kappa shape index (κ3) is 7.25. The number of carbonyl (C=O) groups excluding carboxylic acids is 2. The minimum Gasteiger partial charge on any atom is -0.542 e. The molecule has 0 aromatic heterocycles. The molecule has 2 rings (SSSR count). The average Bonchev–Trinajstić information content (AvgIpc) is 2.95. The van der Waals surface area contributed by atoms with Crippen molar-refractivity contribution in [2.24, 2.45) is 0 Å². The molecule has 0 saturated carbocycles. The second-order valence-electron chi connectivity index (χ2n) is 6.10. The van der Waals surface area contributed by atoms with Gasteiger partial charge >= 0.3 is 12.3 Å². The van der Waals surface area contributed by atoms with E-state index in [0.717, 1.165) is 18.7 Å². The van der Waals surface area contributed by atoms with Crippen LogP contribution < -0.4 is 5.11 Å². The highest BCUT2D eigenvalue weighted by atomic mass is 32.2. The van der Waals surface area contributed by atoms with Gasteiger partial charge in [-0.05, 0) is 32.9 Å². The molecule has 1 unspecified atom stereocenters. The summed E-state index contributed by atoms with van der Waals surface area (Å²) >= 11 is -0.134. The van der Waals surface area contributed by atoms with E-state index in [1.807, 2.05) is 43.3 Å². The van der Waals surface area contributed by atoms with E-state index < -0.39 is 17.7 Å². The summed E-state index contributed by atoms with van der Waals surface area (Å²) in [6.45, 7) is 6.51. The summed E-state index contributed by atoms with van der Waals surface area (Å²) in [6.07, 6.45) is -4.33. The molecule has 5 nitrogen and oxygen atoms in total. The molecule has 0 spiro atoms. The lowest BCUT2D eigenvalue weighted by molar-refractivity contribution is -0.344. The Morgan fingerprint density at radius 3 is 2.12 bits per heavy atom. The molecule has 25 heavy (non-hydrogen) atoms. The van der Waals surface area contributed by atoms with Crippen molar-refractivity contribution in [2.75, 3.05) is 12.3 Å². The Labute approximate surface area is 147 Å². The molecule has 1 aromatic rings. The number of carboxylic acids is 1. The fourth-order valence-electron chi connectivity index (χ4n) is 1.88. The summed E-state index contributed by atoms with van der Waals surface area (Å²) in [6, 6.07) is 10.2. The molecule has 0 aliphatic carbocycles. The van der Waals surface area contributed by atoms with Crippen LogP contribution >= 0.6 is 0 Å². The van der Waals surface area contributed by atoms with Gasteiger partial charge in [-0.15, -0.1) is 4.31 Å². The van der Waals surface area contributed by atoms with E-state index in [2.05, 4.69) is 12.1 Å². The quantitative estimate of drug-likeness (QED) is 0.703. The van der Waals surface area contributed by atoms with Crippen molar-refractivity contribution in [3.8, 4) is 0 Å². The lowest BCUT2D eigenvalue weighted by Gasteiger charge is -2.22. The SMILES string of the molecule is CC(C)(C)OC(=O)N1CCC[S+]1c1ccccc1.O=C([O-])C(F)(F)F. The summed E-state index contributed by atoms with van der Waals surface area (Å²) in [5.41, 5.74) is -0.425. The van der Waals surface area contributed by atoms with Crippen molar-refractivity contribution < 1.29 is 32.6 Å². The van der Waals surface area contributed by atoms with Crippen molar-refractivity contribution in [1.29, 1.82) is 0 Å². The van der Waals surface area contributed by atoms with E-state index in [9.17, 15) is 18.0 Å². The van der Waals surface area contributed by atoms with Gasteiger partial charge in [-0.2, -0.15) is 13.2 Å². The van der Waals surface area contributed by atoms with Gasteiger partial charge in [-0.1, -0.05) is 18.2 Å². The van der Waals surface area contributed by atoms with E-state index in [-0.39, 0.29) is 17.2 Å². The van der Waals surface area contributed by atoms with Crippen LogP contribution in [0.4, 0.5) is 18.0 Å². The zero-order valence-electron chi connectivity index (χ0n) is 14.1. The number of amides is 1. The number of carboxylic acid groups (broad SMARTS) is 1. The molecular weight excluding hydrogens is 359 g/mol. The van der Waals surface area contributed by atoms with Crippen LogP contribution in [0.25, 0.3) is 0 Å². The second-order valence-corrected chi connectivity index (χ2v) is 8.15. The predicted octanol–water partition coefficient (Wildman–Crippen LogP) is 2.52. The third-order valence-corrected chi connectivity index (χ3v) is 5.16. The number of hydrogen-bond acceptors (Lipinski definition) is 4. The van der Waals surface area contributed by atoms with E-state index in [1.165, 1.54) is 4.90 Å². The van der Waals surface area contributed by atoms with Crippen LogP contribution in [0.3, 0.4) is 0 Å². The van der Waals surface area contributed by atoms with E-state index in [1.54, 1.807) is 0 Å². The smallest absolute Gasteiger partial charge is 0.452 e. The highest BCUT2D eigenvalue weighted by molar-refractivity contribution is 7.95. The van der Waals surface area contributed by atoms with E-state index >= 15 is 0 Å². The molecule has 0 bridgehead atoms. The summed E-state index contributed by atoms with van der Waals surface area (Å²) < 4.78 is 38.9. The number of halogens is 3. The minimum absolute atomic E-state index is 0.134. The molecule has 0 radical (unpaired) electrons. The van der Waals surface area contributed by atoms with Gasteiger partial charge in [0.05, 0.1) is 6.54 Å². The van der Waals surface area contributed by atoms with Gasteiger partial charge in [0.1, 0.15) is 28.4 Å². The van der Waals surface area contributed by atoms with Crippen LogP contribution in [0, 0.1) is 0 Å². The molecule has 1 amide bonds.